The molecule has 0 saturated carbocycles. The molecule has 0 aliphatic carbocycles. The maximum absolute atomic E-state index is 15.1. The van der Waals surface area contributed by atoms with Gasteiger partial charge in [0.25, 0.3) is 0 Å². The van der Waals surface area contributed by atoms with Crippen LogP contribution in [0, 0.1) is 0 Å². The highest BCUT2D eigenvalue weighted by atomic mass is 31.2. The van der Waals surface area contributed by atoms with E-state index < -0.39 is 14.3 Å². The topological polar surface area (TPSA) is 51.4 Å². The highest BCUT2D eigenvalue weighted by Gasteiger charge is 2.31. The van der Waals surface area contributed by atoms with Gasteiger partial charge in [0, 0.05) is 42.6 Å². The lowest BCUT2D eigenvalue weighted by molar-refractivity contribution is 0.591. The van der Waals surface area contributed by atoms with Gasteiger partial charge in [-0.3, -0.25) is 4.40 Å². The number of pyridine rings is 1. The highest BCUT2D eigenvalue weighted by molar-refractivity contribution is 7.85. The zero-order chi connectivity index (χ0) is 41.0. The summed E-state index contributed by atoms with van der Waals surface area (Å²) in [4.78, 5) is 5.19. The number of hydrogen-bond acceptors (Lipinski definition) is 3. The monoisotopic (exact) mass is 820 g/mol. The van der Waals surface area contributed by atoms with Gasteiger partial charge in [-0.25, -0.2) is 4.98 Å². The van der Waals surface area contributed by atoms with Gasteiger partial charge in [0.2, 0.25) is 0 Å². The van der Waals surface area contributed by atoms with Gasteiger partial charge in [0.05, 0.1) is 16.6 Å². The number of aromatic nitrogens is 2. The van der Waals surface area contributed by atoms with Crippen molar-refractivity contribution in [3.05, 3.63) is 231 Å². The second-order valence-electron chi connectivity index (χ2n) is 15.4. The average molecular weight is 821 g/mol. The molecule has 0 bridgehead atoms. The fraction of sp³-hybridized carbons (Fsp3) is 0. The molecule has 11 rings (SSSR count). The Hall–Kier alpha value is -7.09. The van der Waals surface area contributed by atoms with E-state index in [1.54, 1.807) is 0 Å². The van der Waals surface area contributed by atoms with Gasteiger partial charge in [0.1, 0.15) is 5.65 Å². The molecule has 0 radical (unpaired) electrons. The van der Waals surface area contributed by atoms with E-state index in [2.05, 4.69) is 83.3 Å². The quantitative estimate of drug-likeness (QED) is 0.113. The van der Waals surface area contributed by atoms with Gasteiger partial charge in [0.15, 0.2) is 14.3 Å². The first-order chi connectivity index (χ1) is 30.0. The van der Waals surface area contributed by atoms with E-state index in [-0.39, 0.29) is 0 Å². The Labute approximate surface area is 354 Å². The third-order valence-corrected chi connectivity index (χ3v) is 18.1. The molecule has 0 aliphatic heterocycles. The summed E-state index contributed by atoms with van der Waals surface area (Å²) < 4.78 is 32.4. The number of imidazole rings is 1. The third-order valence-electron chi connectivity index (χ3n) is 12.0. The number of nitrogens with zero attached hydrogens (tertiary/aromatic N) is 2. The fourth-order valence-corrected chi connectivity index (χ4v) is 14.2. The first-order valence-corrected chi connectivity index (χ1v) is 23.8. The summed E-state index contributed by atoms with van der Waals surface area (Å²) >= 11 is 0. The number of para-hydroxylation sites is 2. The predicted molar refractivity (Wildman–Crippen MR) is 257 cm³/mol. The largest absolute Gasteiger partial charge is 0.309 e. The number of rotatable bonds is 8. The molecule has 0 amide bonds. The Morgan fingerprint density at radius 2 is 0.689 bits per heavy atom. The molecular weight excluding hydrogens is 783 g/mol. The number of benzene rings is 9. The number of hydrogen-bond donors (Lipinski definition) is 0. The van der Waals surface area contributed by atoms with Crippen LogP contribution in [-0.2, 0) is 9.13 Å². The molecule has 2 heterocycles. The van der Waals surface area contributed by atoms with Crippen molar-refractivity contribution >= 4 is 84.5 Å². The van der Waals surface area contributed by atoms with E-state index >= 15 is 9.13 Å². The van der Waals surface area contributed by atoms with Crippen LogP contribution in [-0.4, -0.2) is 9.38 Å². The lowest BCUT2D eigenvalue weighted by Gasteiger charge is -2.20. The zero-order valence-corrected chi connectivity index (χ0v) is 34.8. The Morgan fingerprint density at radius 3 is 1.16 bits per heavy atom. The van der Waals surface area contributed by atoms with Crippen molar-refractivity contribution in [3.63, 3.8) is 0 Å². The summed E-state index contributed by atoms with van der Waals surface area (Å²) in [5.74, 6) is 0. The van der Waals surface area contributed by atoms with Gasteiger partial charge >= 0.3 is 0 Å². The van der Waals surface area contributed by atoms with Crippen LogP contribution >= 0.6 is 14.3 Å². The van der Waals surface area contributed by atoms with Crippen molar-refractivity contribution < 1.29 is 9.13 Å². The van der Waals surface area contributed by atoms with Crippen LogP contribution in [0.5, 0.6) is 0 Å². The van der Waals surface area contributed by atoms with Gasteiger partial charge in [-0.2, -0.15) is 0 Å². The van der Waals surface area contributed by atoms with Gasteiger partial charge in [-0.1, -0.05) is 200 Å². The van der Waals surface area contributed by atoms with E-state index in [1.165, 1.54) is 0 Å². The molecule has 61 heavy (non-hydrogen) atoms. The van der Waals surface area contributed by atoms with Crippen molar-refractivity contribution in [2.75, 3.05) is 0 Å². The van der Waals surface area contributed by atoms with E-state index in [0.29, 0.717) is 0 Å². The Bertz CT molecular complexity index is 3410. The molecule has 0 unspecified atom stereocenters. The normalized spacial score (nSPS) is 12.1. The second-order valence-corrected chi connectivity index (χ2v) is 20.9. The minimum absolute atomic E-state index is 0.798. The first kappa shape index (κ1) is 36.9. The minimum atomic E-state index is -3.10. The highest BCUT2D eigenvalue weighted by Crippen LogP contribution is 2.44. The molecule has 0 saturated heterocycles. The Morgan fingerprint density at radius 1 is 0.311 bits per heavy atom. The maximum Gasteiger partial charge on any atom is 0.171 e. The smallest absolute Gasteiger partial charge is 0.171 e. The van der Waals surface area contributed by atoms with Crippen molar-refractivity contribution in [1.29, 1.82) is 0 Å². The van der Waals surface area contributed by atoms with Crippen LogP contribution in [0.3, 0.4) is 0 Å². The average Bonchev–Trinajstić information content (AvgIpc) is 3.75. The van der Waals surface area contributed by atoms with Gasteiger partial charge < -0.3 is 9.13 Å². The summed E-state index contributed by atoms with van der Waals surface area (Å²) in [5, 5.41) is 8.14. The molecule has 0 fully saturated rings. The predicted octanol–water partition coefficient (Wildman–Crippen LogP) is 11.4. The van der Waals surface area contributed by atoms with Crippen molar-refractivity contribution in [2.45, 2.75) is 0 Å². The molecule has 290 valence electrons. The zero-order valence-electron chi connectivity index (χ0n) is 33.0. The van der Waals surface area contributed by atoms with Crippen LogP contribution in [0.2, 0.25) is 0 Å². The second kappa shape index (κ2) is 14.9. The molecule has 4 nitrogen and oxygen atoms in total. The van der Waals surface area contributed by atoms with E-state index in [1.807, 2.05) is 152 Å². The lowest BCUT2D eigenvalue weighted by atomic mass is 9.97. The van der Waals surface area contributed by atoms with E-state index in [4.69, 9.17) is 4.98 Å². The van der Waals surface area contributed by atoms with E-state index in [0.717, 1.165) is 92.4 Å². The molecule has 6 heteroatoms. The number of fused-ring (bicyclic) bond motifs is 8. The molecule has 0 N–H and O–H groups in total. The van der Waals surface area contributed by atoms with Crippen molar-refractivity contribution in [3.8, 4) is 22.3 Å². The van der Waals surface area contributed by atoms with Crippen LogP contribution in [0.4, 0.5) is 0 Å². The fourth-order valence-electron chi connectivity index (χ4n) is 8.89. The first-order valence-electron chi connectivity index (χ1n) is 20.4. The molecule has 9 aromatic carbocycles. The minimum Gasteiger partial charge on any atom is -0.309 e. The summed E-state index contributed by atoms with van der Waals surface area (Å²) in [5.41, 5.74) is 8.13. The van der Waals surface area contributed by atoms with Crippen LogP contribution in [0.1, 0.15) is 0 Å². The summed E-state index contributed by atoms with van der Waals surface area (Å²) in [6.45, 7) is 0. The summed E-state index contributed by atoms with van der Waals surface area (Å²) in [6.07, 6.45) is 0. The van der Waals surface area contributed by atoms with Crippen LogP contribution < -0.4 is 31.8 Å². The van der Waals surface area contributed by atoms with Gasteiger partial charge in [-0.05, 0) is 58.0 Å². The molecule has 11 aromatic rings. The summed E-state index contributed by atoms with van der Waals surface area (Å²) in [6, 6.07) is 77.2. The van der Waals surface area contributed by atoms with Gasteiger partial charge in [-0.15, -0.1) is 0 Å². The molecule has 0 aliphatic rings. The molecule has 2 aromatic heterocycles. The Balaban J connectivity index is 1.03. The maximum atomic E-state index is 15.1. The standard InChI is InChI=1S/C55H38N2O2P2/c58-60(43-15-5-1-6-16-43,44-17-7-2-8-18-44)47-31-25-39(26-32-47)41-30-36-50-51(37-41)49-35-29-42(38-54(49)57-53-24-14-13-23-52(53)56-55(50)57)40-27-33-48(34-28-40)61(59,45-19-9-3-10-20-45)46-21-11-4-12-22-46/h1-38H. The van der Waals surface area contributed by atoms with Crippen LogP contribution in [0.15, 0.2) is 231 Å². The SMILES string of the molecule is O=P(c1ccccc1)(c1ccccc1)c1ccc(-c2ccc3c(c2)c2ccc(-c4ccc(P(=O)(c5ccccc5)c5ccccc5)cc4)cc2n2c4ccccc4nc32)cc1. The van der Waals surface area contributed by atoms with E-state index in [9.17, 15) is 0 Å². The third kappa shape index (κ3) is 6.10. The summed E-state index contributed by atoms with van der Waals surface area (Å²) in [7, 11) is -6.20. The van der Waals surface area contributed by atoms with Crippen molar-refractivity contribution in [1.82, 2.24) is 9.38 Å². The van der Waals surface area contributed by atoms with Crippen LogP contribution in [0.25, 0.3) is 60.6 Å². The molecule has 0 atom stereocenters. The molecule has 0 spiro atoms. The Kier molecular flexibility index (Phi) is 9.01. The molecular formula is C55H38N2O2P2. The van der Waals surface area contributed by atoms with Crippen molar-refractivity contribution in [2.24, 2.45) is 0 Å². The lowest BCUT2D eigenvalue weighted by Crippen LogP contribution is -2.24.